The molecule has 0 aliphatic carbocycles. The fourth-order valence-corrected chi connectivity index (χ4v) is 1.78. The molecule has 0 bridgehead atoms. The molecule has 0 atom stereocenters. The third-order valence-electron chi connectivity index (χ3n) is 2.02. The molecule has 1 amide bonds. The fraction of sp³-hybridized carbons (Fsp3) is 0. The largest absolute Gasteiger partial charge is 0.320 e. The van der Waals surface area contributed by atoms with Gasteiger partial charge >= 0.3 is 0 Å². The number of pyridine rings is 2. The van der Waals surface area contributed by atoms with Crippen LogP contribution in [0.4, 0.5) is 5.69 Å². The molecule has 2 aromatic heterocycles. The van der Waals surface area contributed by atoms with Crippen molar-refractivity contribution in [1.82, 2.24) is 9.97 Å². The van der Waals surface area contributed by atoms with Crippen molar-refractivity contribution in [2.24, 2.45) is 0 Å². The maximum absolute atomic E-state index is 11.9. The third kappa shape index (κ3) is 2.81. The molecule has 6 heteroatoms. The van der Waals surface area contributed by atoms with Gasteiger partial charge < -0.3 is 5.32 Å². The van der Waals surface area contributed by atoms with E-state index in [1.54, 1.807) is 24.4 Å². The fourth-order valence-electron chi connectivity index (χ4n) is 1.23. The highest BCUT2D eigenvalue weighted by atomic mass is 79.9. The molecule has 0 fully saturated rings. The van der Waals surface area contributed by atoms with Gasteiger partial charge in [-0.25, -0.2) is 4.98 Å². The second kappa shape index (κ2) is 5.25. The lowest BCUT2D eigenvalue weighted by Gasteiger charge is -2.07. The molecular formula is C11H7BrClN3O. The number of carbonyl (C=O) groups excluding carboxylic acids is 1. The van der Waals surface area contributed by atoms with Gasteiger partial charge in [0.2, 0.25) is 0 Å². The topological polar surface area (TPSA) is 54.9 Å². The van der Waals surface area contributed by atoms with Crippen molar-refractivity contribution in [3.8, 4) is 0 Å². The van der Waals surface area contributed by atoms with Crippen molar-refractivity contribution in [2.75, 3.05) is 5.32 Å². The Hall–Kier alpha value is -1.46. The number of nitrogens with zero attached hydrogens (tertiary/aromatic N) is 2. The first-order chi connectivity index (χ1) is 8.18. The summed E-state index contributed by atoms with van der Waals surface area (Å²) in [4.78, 5) is 19.7. The first kappa shape index (κ1) is 12.0. The minimum atomic E-state index is -0.300. The number of anilines is 1. The van der Waals surface area contributed by atoms with Crippen LogP contribution in [0.2, 0.25) is 5.02 Å². The zero-order valence-electron chi connectivity index (χ0n) is 8.52. The van der Waals surface area contributed by atoms with Crippen LogP contribution < -0.4 is 5.32 Å². The number of hydrogen-bond donors (Lipinski definition) is 1. The van der Waals surface area contributed by atoms with Crippen LogP contribution in [0.15, 0.2) is 41.4 Å². The van der Waals surface area contributed by atoms with Crippen LogP contribution in [0.25, 0.3) is 0 Å². The monoisotopic (exact) mass is 311 g/mol. The Labute approximate surface area is 111 Å². The summed E-state index contributed by atoms with van der Waals surface area (Å²) in [6.45, 7) is 0. The van der Waals surface area contributed by atoms with Gasteiger partial charge in [0.1, 0.15) is 4.60 Å². The Bertz CT molecular complexity index is 562. The van der Waals surface area contributed by atoms with Crippen LogP contribution in [0.3, 0.4) is 0 Å². The molecule has 17 heavy (non-hydrogen) atoms. The van der Waals surface area contributed by atoms with Crippen LogP contribution >= 0.6 is 27.5 Å². The highest BCUT2D eigenvalue weighted by Gasteiger charge is 2.11. The zero-order valence-corrected chi connectivity index (χ0v) is 10.9. The van der Waals surface area contributed by atoms with Gasteiger partial charge in [-0.1, -0.05) is 11.6 Å². The van der Waals surface area contributed by atoms with E-state index in [9.17, 15) is 4.79 Å². The van der Waals surface area contributed by atoms with Gasteiger partial charge in [-0.15, -0.1) is 0 Å². The lowest BCUT2D eigenvalue weighted by molar-refractivity contribution is 0.102. The van der Waals surface area contributed by atoms with Crippen LogP contribution in [-0.4, -0.2) is 15.9 Å². The Morgan fingerprint density at radius 1 is 1.35 bits per heavy atom. The van der Waals surface area contributed by atoms with Crippen molar-refractivity contribution in [3.63, 3.8) is 0 Å². The maximum Gasteiger partial charge on any atom is 0.257 e. The molecule has 0 radical (unpaired) electrons. The number of amides is 1. The molecule has 0 unspecified atom stereocenters. The summed E-state index contributed by atoms with van der Waals surface area (Å²) in [6.07, 6.45) is 4.56. The lowest BCUT2D eigenvalue weighted by atomic mass is 10.2. The highest BCUT2D eigenvalue weighted by Crippen LogP contribution is 2.20. The van der Waals surface area contributed by atoms with Crippen molar-refractivity contribution in [1.29, 1.82) is 0 Å². The summed E-state index contributed by atoms with van der Waals surface area (Å²) in [7, 11) is 0. The first-order valence-corrected chi connectivity index (χ1v) is 5.87. The number of aromatic nitrogens is 2. The number of rotatable bonds is 2. The van der Waals surface area contributed by atoms with Crippen LogP contribution in [-0.2, 0) is 0 Å². The standard InChI is InChI=1S/C11H7BrClN3O/c12-10-9(2-1-4-15-10)16-11(17)7-3-5-14-6-8(7)13/h1-6H,(H,16,17). The minimum absolute atomic E-state index is 0.300. The first-order valence-electron chi connectivity index (χ1n) is 4.70. The maximum atomic E-state index is 11.9. The van der Waals surface area contributed by atoms with Crippen LogP contribution in [0.1, 0.15) is 10.4 Å². The molecular weight excluding hydrogens is 305 g/mol. The van der Waals surface area contributed by atoms with Crippen molar-refractivity contribution in [3.05, 3.63) is 52.0 Å². The Morgan fingerprint density at radius 2 is 2.18 bits per heavy atom. The van der Waals surface area contributed by atoms with Crippen LogP contribution in [0, 0.1) is 0 Å². The summed E-state index contributed by atoms with van der Waals surface area (Å²) in [6, 6.07) is 5.03. The minimum Gasteiger partial charge on any atom is -0.320 e. The summed E-state index contributed by atoms with van der Waals surface area (Å²) in [5, 5.41) is 3.02. The van der Waals surface area contributed by atoms with E-state index in [4.69, 9.17) is 11.6 Å². The molecule has 0 saturated heterocycles. The van der Waals surface area contributed by atoms with E-state index < -0.39 is 0 Å². The van der Waals surface area contributed by atoms with E-state index in [-0.39, 0.29) is 5.91 Å². The lowest BCUT2D eigenvalue weighted by Crippen LogP contribution is -2.13. The molecule has 0 aliphatic heterocycles. The number of nitrogens with one attached hydrogen (secondary N) is 1. The second-order valence-electron chi connectivity index (χ2n) is 3.15. The van der Waals surface area contributed by atoms with Crippen LogP contribution in [0.5, 0.6) is 0 Å². The average Bonchev–Trinajstić information content (AvgIpc) is 2.32. The molecule has 0 spiro atoms. The molecule has 2 aromatic rings. The Balaban J connectivity index is 2.24. The van der Waals surface area contributed by atoms with E-state index >= 15 is 0 Å². The molecule has 1 N–H and O–H groups in total. The van der Waals surface area contributed by atoms with Gasteiger partial charge in [0.05, 0.1) is 16.3 Å². The highest BCUT2D eigenvalue weighted by molar-refractivity contribution is 9.10. The smallest absolute Gasteiger partial charge is 0.257 e. The summed E-state index contributed by atoms with van der Waals surface area (Å²) >= 11 is 9.12. The van der Waals surface area contributed by atoms with Gasteiger partial charge in [0.25, 0.3) is 5.91 Å². The number of hydrogen-bond acceptors (Lipinski definition) is 3. The van der Waals surface area contributed by atoms with Gasteiger partial charge in [-0.05, 0) is 34.1 Å². The quantitative estimate of drug-likeness (QED) is 0.867. The summed E-state index contributed by atoms with van der Waals surface area (Å²) in [5.74, 6) is -0.300. The van der Waals surface area contributed by atoms with Crippen molar-refractivity contribution >= 4 is 39.1 Å². The van der Waals surface area contributed by atoms with E-state index in [1.807, 2.05) is 0 Å². The average molecular weight is 313 g/mol. The van der Waals surface area contributed by atoms with Crippen molar-refractivity contribution in [2.45, 2.75) is 0 Å². The van der Waals surface area contributed by atoms with Gasteiger partial charge in [0.15, 0.2) is 0 Å². The predicted octanol–water partition coefficient (Wildman–Crippen LogP) is 3.14. The van der Waals surface area contributed by atoms with E-state index in [2.05, 4.69) is 31.2 Å². The summed E-state index contributed by atoms with van der Waals surface area (Å²) < 4.78 is 0.568. The molecule has 2 heterocycles. The van der Waals surface area contributed by atoms with E-state index in [0.29, 0.717) is 20.9 Å². The van der Waals surface area contributed by atoms with Crippen molar-refractivity contribution < 1.29 is 4.79 Å². The Morgan fingerprint density at radius 3 is 2.88 bits per heavy atom. The van der Waals surface area contributed by atoms with Gasteiger partial charge in [-0.3, -0.25) is 9.78 Å². The molecule has 2 rings (SSSR count). The van der Waals surface area contributed by atoms with Gasteiger partial charge in [0, 0.05) is 18.6 Å². The molecule has 0 aromatic carbocycles. The third-order valence-corrected chi connectivity index (χ3v) is 2.96. The molecule has 0 aliphatic rings. The number of halogens is 2. The predicted molar refractivity (Wildman–Crippen MR) is 69.1 cm³/mol. The summed E-state index contributed by atoms with van der Waals surface area (Å²) in [5.41, 5.74) is 0.961. The SMILES string of the molecule is O=C(Nc1cccnc1Br)c1ccncc1Cl. The zero-order chi connectivity index (χ0) is 12.3. The number of carbonyl (C=O) groups is 1. The van der Waals surface area contributed by atoms with E-state index in [1.165, 1.54) is 12.4 Å². The molecule has 86 valence electrons. The Kier molecular flexibility index (Phi) is 3.71. The molecule has 4 nitrogen and oxygen atoms in total. The van der Waals surface area contributed by atoms with Gasteiger partial charge in [-0.2, -0.15) is 0 Å². The second-order valence-corrected chi connectivity index (χ2v) is 4.31. The molecule has 0 saturated carbocycles. The van der Waals surface area contributed by atoms with E-state index in [0.717, 1.165) is 0 Å². The normalized spacial score (nSPS) is 10.0.